The molecule has 0 aliphatic carbocycles. The molecule has 1 aromatic rings. The minimum atomic E-state index is -0.765. The number of hydrogen-bond donors (Lipinski definition) is 1. The molecule has 0 atom stereocenters. The van der Waals surface area contributed by atoms with Gasteiger partial charge in [0.15, 0.2) is 0 Å². The van der Waals surface area contributed by atoms with Gasteiger partial charge in [-0.2, -0.15) is 0 Å². The minimum absolute atomic E-state index is 0.192. The number of hydrogen-bond acceptors (Lipinski definition) is 2. The van der Waals surface area contributed by atoms with Crippen LogP contribution in [0, 0.1) is 6.92 Å². The third-order valence-electron chi connectivity index (χ3n) is 2.19. The van der Waals surface area contributed by atoms with Gasteiger partial charge in [0.05, 0.1) is 6.61 Å². The van der Waals surface area contributed by atoms with E-state index in [-0.39, 0.29) is 6.42 Å². The number of rotatable bonds is 6. The van der Waals surface area contributed by atoms with Gasteiger partial charge in [0.2, 0.25) is 0 Å². The van der Waals surface area contributed by atoms with E-state index >= 15 is 0 Å². The van der Waals surface area contributed by atoms with E-state index in [1.165, 1.54) is 0 Å². The fourth-order valence-corrected chi connectivity index (χ4v) is 1.45. The van der Waals surface area contributed by atoms with E-state index in [0.717, 1.165) is 17.7 Å². The Kier molecular flexibility index (Phi) is 5.12. The maximum Gasteiger partial charge on any atom is 0.303 e. The number of carboxylic acid groups (broad SMARTS) is 1. The molecule has 0 saturated carbocycles. The van der Waals surface area contributed by atoms with Gasteiger partial charge in [-0.15, -0.1) is 0 Å². The van der Waals surface area contributed by atoms with Crippen LogP contribution in [0.15, 0.2) is 18.2 Å². The van der Waals surface area contributed by atoms with Crippen molar-refractivity contribution in [2.45, 2.75) is 26.2 Å². The lowest BCUT2D eigenvalue weighted by Gasteiger charge is -2.08. The molecule has 0 aromatic heterocycles. The molecule has 1 N–H and O–H groups in total. The molecule has 4 heteroatoms. The Labute approximate surface area is 100.0 Å². The summed E-state index contributed by atoms with van der Waals surface area (Å²) in [5, 5.41) is 9.10. The molecule has 0 spiro atoms. The molecule has 0 bridgehead atoms. The smallest absolute Gasteiger partial charge is 0.303 e. The monoisotopic (exact) mass is 242 g/mol. The van der Waals surface area contributed by atoms with Crippen LogP contribution >= 0.6 is 11.6 Å². The zero-order chi connectivity index (χ0) is 12.0. The SMILES string of the molecule is Cc1ccc(Cl)cc1OCCCCC(=O)O. The van der Waals surface area contributed by atoms with E-state index in [4.69, 9.17) is 21.4 Å². The van der Waals surface area contributed by atoms with Gasteiger partial charge in [0.25, 0.3) is 0 Å². The van der Waals surface area contributed by atoms with Crippen molar-refractivity contribution in [1.29, 1.82) is 0 Å². The molecule has 1 rings (SSSR count). The van der Waals surface area contributed by atoms with Gasteiger partial charge in [-0.3, -0.25) is 4.79 Å². The van der Waals surface area contributed by atoms with Gasteiger partial charge in [-0.25, -0.2) is 0 Å². The summed E-state index contributed by atoms with van der Waals surface area (Å²) in [7, 11) is 0. The summed E-state index contributed by atoms with van der Waals surface area (Å²) in [4.78, 5) is 10.3. The summed E-state index contributed by atoms with van der Waals surface area (Å²) < 4.78 is 5.52. The maximum atomic E-state index is 10.3. The highest BCUT2D eigenvalue weighted by Crippen LogP contribution is 2.22. The molecule has 0 amide bonds. The summed E-state index contributed by atoms with van der Waals surface area (Å²) >= 11 is 5.84. The summed E-state index contributed by atoms with van der Waals surface area (Å²) in [6.07, 6.45) is 1.56. The van der Waals surface area contributed by atoms with E-state index < -0.39 is 5.97 Å². The fourth-order valence-electron chi connectivity index (χ4n) is 1.29. The maximum absolute atomic E-state index is 10.3. The predicted molar refractivity (Wildman–Crippen MR) is 63.2 cm³/mol. The molecule has 0 unspecified atom stereocenters. The highest BCUT2D eigenvalue weighted by atomic mass is 35.5. The number of ether oxygens (including phenoxy) is 1. The normalized spacial score (nSPS) is 10.1. The first-order valence-electron chi connectivity index (χ1n) is 5.20. The highest BCUT2D eigenvalue weighted by molar-refractivity contribution is 6.30. The molecular formula is C12H15ClO3. The van der Waals surface area contributed by atoms with Gasteiger partial charge in [0, 0.05) is 11.4 Å². The van der Waals surface area contributed by atoms with Crippen LogP contribution in [0.1, 0.15) is 24.8 Å². The Hall–Kier alpha value is -1.22. The van der Waals surface area contributed by atoms with Crippen LogP contribution < -0.4 is 4.74 Å². The van der Waals surface area contributed by atoms with Crippen molar-refractivity contribution >= 4 is 17.6 Å². The van der Waals surface area contributed by atoms with E-state index in [9.17, 15) is 4.79 Å². The molecule has 3 nitrogen and oxygen atoms in total. The third kappa shape index (κ3) is 4.53. The first-order chi connectivity index (χ1) is 7.59. The van der Waals surface area contributed by atoms with Crippen LogP contribution in [-0.2, 0) is 4.79 Å². The van der Waals surface area contributed by atoms with Crippen LogP contribution in [-0.4, -0.2) is 17.7 Å². The predicted octanol–water partition coefficient (Wildman–Crippen LogP) is 3.28. The minimum Gasteiger partial charge on any atom is -0.493 e. The van der Waals surface area contributed by atoms with E-state index in [0.29, 0.717) is 18.1 Å². The number of halogens is 1. The van der Waals surface area contributed by atoms with Crippen molar-refractivity contribution in [2.24, 2.45) is 0 Å². The molecular weight excluding hydrogens is 228 g/mol. The first kappa shape index (κ1) is 12.8. The Morgan fingerprint density at radius 2 is 2.19 bits per heavy atom. The molecule has 88 valence electrons. The Bertz CT molecular complexity index is 363. The third-order valence-corrected chi connectivity index (χ3v) is 2.43. The van der Waals surface area contributed by atoms with Crippen molar-refractivity contribution in [2.75, 3.05) is 6.61 Å². The second kappa shape index (κ2) is 6.38. The Morgan fingerprint density at radius 1 is 1.44 bits per heavy atom. The molecule has 0 aliphatic rings. The number of carbonyl (C=O) groups is 1. The number of aliphatic carboxylic acids is 1. The Morgan fingerprint density at radius 3 is 2.88 bits per heavy atom. The standard InChI is InChI=1S/C12H15ClO3/c1-9-5-6-10(13)8-11(9)16-7-3-2-4-12(14)15/h5-6,8H,2-4,7H2,1H3,(H,14,15). The van der Waals surface area contributed by atoms with Gasteiger partial charge in [-0.05, 0) is 37.5 Å². The van der Waals surface area contributed by atoms with Gasteiger partial charge in [-0.1, -0.05) is 17.7 Å². The average molecular weight is 243 g/mol. The van der Waals surface area contributed by atoms with Crippen molar-refractivity contribution in [1.82, 2.24) is 0 Å². The fraction of sp³-hybridized carbons (Fsp3) is 0.417. The molecule has 16 heavy (non-hydrogen) atoms. The molecule has 1 aromatic carbocycles. The van der Waals surface area contributed by atoms with Gasteiger partial charge in [0.1, 0.15) is 5.75 Å². The summed E-state index contributed by atoms with van der Waals surface area (Å²) in [5.41, 5.74) is 1.03. The van der Waals surface area contributed by atoms with Crippen molar-refractivity contribution < 1.29 is 14.6 Å². The molecule has 0 heterocycles. The van der Waals surface area contributed by atoms with Crippen LogP contribution in [0.25, 0.3) is 0 Å². The second-order valence-electron chi connectivity index (χ2n) is 3.61. The van der Waals surface area contributed by atoms with E-state index in [1.54, 1.807) is 6.07 Å². The number of carboxylic acids is 1. The van der Waals surface area contributed by atoms with Crippen molar-refractivity contribution in [3.05, 3.63) is 28.8 Å². The number of aryl methyl sites for hydroxylation is 1. The topological polar surface area (TPSA) is 46.5 Å². The summed E-state index contributed by atoms with van der Waals surface area (Å²) in [6.45, 7) is 2.47. The average Bonchev–Trinajstić information content (AvgIpc) is 2.22. The van der Waals surface area contributed by atoms with E-state index in [2.05, 4.69) is 0 Å². The van der Waals surface area contributed by atoms with Crippen LogP contribution in [0.3, 0.4) is 0 Å². The lowest BCUT2D eigenvalue weighted by atomic mass is 10.2. The zero-order valence-corrected chi connectivity index (χ0v) is 9.96. The quantitative estimate of drug-likeness (QED) is 0.779. The second-order valence-corrected chi connectivity index (χ2v) is 4.05. The zero-order valence-electron chi connectivity index (χ0n) is 9.20. The lowest BCUT2D eigenvalue weighted by molar-refractivity contribution is -0.137. The van der Waals surface area contributed by atoms with Crippen LogP contribution in [0.5, 0.6) is 5.75 Å². The Balaban J connectivity index is 2.31. The van der Waals surface area contributed by atoms with Crippen LogP contribution in [0.4, 0.5) is 0 Å². The highest BCUT2D eigenvalue weighted by Gasteiger charge is 2.01. The molecule has 0 fully saturated rings. The number of benzene rings is 1. The summed E-state index contributed by atoms with van der Waals surface area (Å²) in [5.74, 6) is 0.00163. The first-order valence-corrected chi connectivity index (χ1v) is 5.58. The van der Waals surface area contributed by atoms with Gasteiger partial charge >= 0.3 is 5.97 Å². The summed E-state index contributed by atoms with van der Waals surface area (Å²) in [6, 6.07) is 5.48. The molecule has 0 radical (unpaired) electrons. The van der Waals surface area contributed by atoms with E-state index in [1.807, 2.05) is 19.1 Å². The van der Waals surface area contributed by atoms with Crippen molar-refractivity contribution in [3.63, 3.8) is 0 Å². The molecule has 0 aliphatic heterocycles. The van der Waals surface area contributed by atoms with Gasteiger partial charge < -0.3 is 9.84 Å². The lowest BCUT2D eigenvalue weighted by Crippen LogP contribution is -2.01. The van der Waals surface area contributed by atoms with Crippen molar-refractivity contribution in [3.8, 4) is 5.75 Å². The largest absolute Gasteiger partial charge is 0.493 e. The number of unbranched alkanes of at least 4 members (excludes halogenated alkanes) is 1. The molecule has 0 saturated heterocycles. The van der Waals surface area contributed by atoms with Crippen LogP contribution in [0.2, 0.25) is 5.02 Å².